The Morgan fingerprint density at radius 3 is 2.18 bits per heavy atom. The number of unbranched alkanes of at least 4 members (excludes halogenated alkanes) is 3. The van der Waals surface area contributed by atoms with E-state index in [2.05, 4.69) is 9.84 Å². The number of esters is 1. The van der Waals surface area contributed by atoms with Gasteiger partial charge in [0.05, 0.1) is 19.6 Å². The van der Waals surface area contributed by atoms with Crippen LogP contribution in [0.4, 0.5) is 0 Å². The lowest BCUT2D eigenvalue weighted by molar-refractivity contribution is -0.169. The van der Waals surface area contributed by atoms with Crippen LogP contribution in [-0.2, 0) is 27.9 Å². The minimum absolute atomic E-state index is 0.0168. The molecule has 10 nitrogen and oxygen atoms in total. The van der Waals surface area contributed by atoms with Crippen LogP contribution in [0.2, 0.25) is 0 Å². The number of rotatable bonds is 16. The van der Waals surface area contributed by atoms with Gasteiger partial charge in [-0.2, -0.15) is 0 Å². The van der Waals surface area contributed by atoms with E-state index in [4.69, 9.17) is 19.5 Å². The highest BCUT2D eigenvalue weighted by atomic mass is 31.2. The summed E-state index contributed by atoms with van der Waals surface area (Å²) >= 11 is 0. The lowest BCUT2D eigenvalue weighted by atomic mass is 9.91. The third-order valence-electron chi connectivity index (χ3n) is 5.43. The highest BCUT2D eigenvalue weighted by Crippen LogP contribution is 2.43. The first-order valence-corrected chi connectivity index (χ1v) is 13.6. The Morgan fingerprint density at radius 1 is 0.939 bits per heavy atom. The molecule has 0 aromatic carbocycles. The maximum Gasteiger partial charge on any atom is 0.472 e. The number of ether oxygens (including phenoxy) is 1. The average molecular weight is 496 g/mol. The van der Waals surface area contributed by atoms with E-state index in [1.807, 2.05) is 0 Å². The standard InChI is InChI=1S/C22H42NO9P/c1-22(26,27)18-32-33(28,29)31-16-10-6-5-9-15-30-21(25)14-13-20(24)23-17-19-11-7-3-2-4-8-12-19/h19,26-27H,2-18H2,1H3,(H,23,24)(H,28,29). The van der Waals surface area contributed by atoms with Crippen molar-refractivity contribution >= 4 is 19.7 Å². The summed E-state index contributed by atoms with van der Waals surface area (Å²) in [5.41, 5.74) is 0. The van der Waals surface area contributed by atoms with Crippen molar-refractivity contribution in [3.63, 3.8) is 0 Å². The third-order valence-corrected chi connectivity index (χ3v) is 6.39. The lowest BCUT2D eigenvalue weighted by Gasteiger charge is -2.19. The third kappa shape index (κ3) is 18.0. The summed E-state index contributed by atoms with van der Waals surface area (Å²) in [7, 11) is -4.32. The Labute approximate surface area is 197 Å². The normalized spacial score (nSPS) is 17.6. The van der Waals surface area contributed by atoms with Gasteiger partial charge in [-0.3, -0.25) is 18.6 Å². The quantitative estimate of drug-likeness (QED) is 0.109. The molecule has 0 spiro atoms. The molecule has 0 aliphatic heterocycles. The van der Waals surface area contributed by atoms with Crippen LogP contribution in [0.3, 0.4) is 0 Å². The Hall–Kier alpha value is -1.03. The van der Waals surface area contributed by atoms with Gasteiger partial charge in [-0.15, -0.1) is 0 Å². The first kappa shape index (κ1) is 30.0. The summed E-state index contributed by atoms with van der Waals surface area (Å²) in [6.07, 6.45) is 11.4. The second kappa shape index (κ2) is 16.6. The average Bonchev–Trinajstić information content (AvgIpc) is 2.71. The molecule has 0 aromatic heterocycles. The zero-order valence-electron chi connectivity index (χ0n) is 19.8. The Bertz CT molecular complexity index is 601. The van der Waals surface area contributed by atoms with E-state index in [0.29, 0.717) is 31.7 Å². The SMILES string of the molecule is CC(O)(O)COP(=O)(O)OCCCCCCOC(=O)CCC(=O)NCC1CCCCCCC1. The summed E-state index contributed by atoms with van der Waals surface area (Å²) in [6, 6.07) is 0. The molecular weight excluding hydrogens is 453 g/mol. The Balaban J connectivity index is 1.98. The highest BCUT2D eigenvalue weighted by Gasteiger charge is 2.26. The van der Waals surface area contributed by atoms with Crippen LogP contribution in [-0.4, -0.2) is 59.1 Å². The molecule has 1 aliphatic carbocycles. The van der Waals surface area contributed by atoms with Crippen molar-refractivity contribution in [1.82, 2.24) is 5.32 Å². The topological polar surface area (TPSA) is 152 Å². The summed E-state index contributed by atoms with van der Waals surface area (Å²) in [5, 5.41) is 21.0. The number of carbonyl (C=O) groups is 2. The van der Waals surface area contributed by atoms with Crippen LogP contribution in [0.25, 0.3) is 0 Å². The molecule has 1 atom stereocenters. The maximum absolute atomic E-state index is 12.0. The van der Waals surface area contributed by atoms with Gasteiger partial charge in [0.25, 0.3) is 0 Å². The molecular formula is C22H42NO9P. The molecule has 1 unspecified atom stereocenters. The van der Waals surface area contributed by atoms with Crippen LogP contribution in [0.1, 0.15) is 90.4 Å². The fraction of sp³-hybridized carbons (Fsp3) is 0.909. The molecule has 0 bridgehead atoms. The molecule has 1 fully saturated rings. The second-order valence-electron chi connectivity index (χ2n) is 8.94. The number of hydrogen-bond donors (Lipinski definition) is 4. The number of hydrogen-bond acceptors (Lipinski definition) is 8. The van der Waals surface area contributed by atoms with Crippen molar-refractivity contribution in [2.45, 2.75) is 96.2 Å². The zero-order chi connectivity index (χ0) is 24.6. The first-order valence-electron chi connectivity index (χ1n) is 12.1. The molecule has 1 aliphatic rings. The largest absolute Gasteiger partial charge is 0.472 e. The van der Waals surface area contributed by atoms with Gasteiger partial charge in [0, 0.05) is 13.0 Å². The van der Waals surface area contributed by atoms with Crippen LogP contribution >= 0.6 is 7.82 Å². The van der Waals surface area contributed by atoms with Crippen LogP contribution < -0.4 is 5.32 Å². The molecule has 4 N–H and O–H groups in total. The molecule has 0 aromatic rings. The van der Waals surface area contributed by atoms with E-state index >= 15 is 0 Å². The van der Waals surface area contributed by atoms with Crippen LogP contribution in [0.5, 0.6) is 0 Å². The predicted octanol–water partition coefficient (Wildman–Crippen LogP) is 3.18. The van der Waals surface area contributed by atoms with Gasteiger partial charge >= 0.3 is 13.8 Å². The highest BCUT2D eigenvalue weighted by molar-refractivity contribution is 7.47. The van der Waals surface area contributed by atoms with Crippen molar-refractivity contribution in [1.29, 1.82) is 0 Å². The van der Waals surface area contributed by atoms with Crippen molar-refractivity contribution in [2.24, 2.45) is 5.92 Å². The first-order chi connectivity index (χ1) is 15.6. The van der Waals surface area contributed by atoms with Crippen molar-refractivity contribution in [3.8, 4) is 0 Å². The van der Waals surface area contributed by atoms with Crippen LogP contribution in [0.15, 0.2) is 0 Å². The predicted molar refractivity (Wildman–Crippen MR) is 122 cm³/mol. The number of phosphoric ester groups is 1. The molecule has 194 valence electrons. The molecule has 0 heterocycles. The molecule has 1 saturated carbocycles. The Kier molecular flexibility index (Phi) is 15.1. The van der Waals surface area contributed by atoms with Crippen molar-refractivity contribution in [2.75, 3.05) is 26.4 Å². The van der Waals surface area contributed by atoms with Gasteiger partial charge < -0.3 is 25.2 Å². The molecule has 11 heteroatoms. The van der Waals surface area contributed by atoms with Gasteiger partial charge in [0.2, 0.25) is 5.91 Å². The Morgan fingerprint density at radius 2 is 1.55 bits per heavy atom. The second-order valence-corrected chi connectivity index (χ2v) is 10.4. The summed E-state index contributed by atoms with van der Waals surface area (Å²) < 4.78 is 25.9. The van der Waals surface area contributed by atoms with Gasteiger partial charge in [-0.05, 0) is 44.9 Å². The lowest BCUT2D eigenvalue weighted by Crippen LogP contribution is -2.30. The number of phosphoric acid groups is 1. The van der Waals surface area contributed by atoms with Gasteiger partial charge in [0.15, 0.2) is 5.79 Å². The maximum atomic E-state index is 12.0. The number of amides is 1. The van der Waals surface area contributed by atoms with E-state index in [9.17, 15) is 19.0 Å². The van der Waals surface area contributed by atoms with Gasteiger partial charge in [-0.1, -0.05) is 38.5 Å². The monoisotopic (exact) mass is 495 g/mol. The minimum atomic E-state index is -4.32. The van der Waals surface area contributed by atoms with Crippen molar-refractivity contribution < 1.29 is 43.0 Å². The number of aliphatic hydroxyl groups is 2. The zero-order valence-corrected chi connectivity index (χ0v) is 20.7. The summed E-state index contributed by atoms with van der Waals surface area (Å²) in [4.78, 5) is 33.2. The molecule has 33 heavy (non-hydrogen) atoms. The number of nitrogens with one attached hydrogen (secondary N) is 1. The van der Waals surface area contributed by atoms with E-state index in [1.54, 1.807) is 0 Å². The molecule has 1 amide bonds. The van der Waals surface area contributed by atoms with Gasteiger partial charge in [0.1, 0.15) is 6.61 Å². The molecule has 0 saturated heterocycles. The van der Waals surface area contributed by atoms with E-state index in [0.717, 1.165) is 26.2 Å². The van der Waals surface area contributed by atoms with E-state index in [-0.39, 0.29) is 32.0 Å². The minimum Gasteiger partial charge on any atom is -0.466 e. The number of carbonyl (C=O) groups excluding carboxylic acids is 2. The fourth-order valence-corrected chi connectivity index (χ4v) is 4.39. The summed E-state index contributed by atoms with van der Waals surface area (Å²) in [5.74, 6) is -2.17. The van der Waals surface area contributed by atoms with Crippen LogP contribution in [0, 0.1) is 5.92 Å². The summed E-state index contributed by atoms with van der Waals surface area (Å²) in [6.45, 7) is 1.22. The van der Waals surface area contributed by atoms with Gasteiger partial charge in [-0.25, -0.2) is 4.57 Å². The fourth-order valence-electron chi connectivity index (χ4n) is 3.54. The molecule has 1 rings (SSSR count). The molecule has 0 radical (unpaired) electrons. The van der Waals surface area contributed by atoms with E-state index in [1.165, 1.54) is 32.1 Å². The van der Waals surface area contributed by atoms with E-state index < -0.39 is 26.2 Å². The smallest absolute Gasteiger partial charge is 0.466 e. The van der Waals surface area contributed by atoms with Crippen molar-refractivity contribution in [3.05, 3.63) is 0 Å².